The van der Waals surface area contributed by atoms with E-state index in [4.69, 9.17) is 4.74 Å². The first kappa shape index (κ1) is 6.65. The molecule has 11 heavy (non-hydrogen) atoms. The van der Waals surface area contributed by atoms with Gasteiger partial charge in [-0.25, -0.2) is 4.99 Å². The lowest BCUT2D eigenvalue weighted by molar-refractivity contribution is 0.243. The second-order valence-corrected chi connectivity index (χ2v) is 2.93. The van der Waals surface area contributed by atoms with E-state index in [0.717, 1.165) is 18.9 Å². The van der Waals surface area contributed by atoms with Gasteiger partial charge in [-0.1, -0.05) is 19.1 Å². The Hall–Kier alpha value is -1.05. The summed E-state index contributed by atoms with van der Waals surface area (Å²) in [5.74, 6) is 1.26. The van der Waals surface area contributed by atoms with E-state index < -0.39 is 0 Å². The molecule has 0 aliphatic carbocycles. The van der Waals surface area contributed by atoms with Crippen LogP contribution in [0.25, 0.3) is 0 Å². The second-order valence-electron chi connectivity index (χ2n) is 2.93. The largest absolute Gasteiger partial charge is 0.477 e. The van der Waals surface area contributed by atoms with Gasteiger partial charge in [-0.2, -0.15) is 0 Å². The molecule has 0 fully saturated rings. The second kappa shape index (κ2) is 2.53. The van der Waals surface area contributed by atoms with Crippen LogP contribution in [0.1, 0.15) is 13.3 Å². The molecule has 0 saturated carbocycles. The number of hydrogen-bond donors (Lipinski definition) is 0. The molecule has 1 atom stereocenters. The first-order chi connectivity index (χ1) is 5.36. The lowest BCUT2D eigenvalue weighted by Gasteiger charge is -1.95. The predicted octanol–water partition coefficient (Wildman–Crippen LogP) is 1.90. The Balaban J connectivity index is 2.30. The van der Waals surface area contributed by atoms with Crippen molar-refractivity contribution >= 4 is 6.21 Å². The standard InChI is InChI=1S/C9H11NO/c1-7-2-3-8-4-5-11-9(8)10-6-7/h2-3,6-7H,4-5H2,1H3. The van der Waals surface area contributed by atoms with Gasteiger partial charge < -0.3 is 4.74 Å². The maximum atomic E-state index is 5.32. The average Bonchev–Trinajstić information content (AvgIpc) is 2.38. The first-order valence-electron chi connectivity index (χ1n) is 3.94. The molecule has 0 aromatic rings. The van der Waals surface area contributed by atoms with Crippen LogP contribution in [0.2, 0.25) is 0 Å². The van der Waals surface area contributed by atoms with Gasteiger partial charge in [-0.15, -0.1) is 0 Å². The fraction of sp³-hybridized carbons (Fsp3) is 0.444. The smallest absolute Gasteiger partial charge is 0.216 e. The van der Waals surface area contributed by atoms with Crippen molar-refractivity contribution < 1.29 is 4.74 Å². The summed E-state index contributed by atoms with van der Waals surface area (Å²) < 4.78 is 5.32. The van der Waals surface area contributed by atoms with E-state index in [0.29, 0.717) is 5.92 Å². The van der Waals surface area contributed by atoms with Gasteiger partial charge in [0, 0.05) is 24.1 Å². The van der Waals surface area contributed by atoms with Crippen molar-refractivity contribution in [3.8, 4) is 0 Å². The summed E-state index contributed by atoms with van der Waals surface area (Å²) >= 11 is 0. The molecule has 0 N–H and O–H groups in total. The number of ether oxygens (including phenoxy) is 1. The Morgan fingerprint density at radius 1 is 1.64 bits per heavy atom. The SMILES string of the molecule is CC1C=CC2=C(N=C1)OCC2. The van der Waals surface area contributed by atoms with Crippen LogP contribution in [0.3, 0.4) is 0 Å². The fourth-order valence-electron chi connectivity index (χ4n) is 1.23. The van der Waals surface area contributed by atoms with Crippen LogP contribution in [-0.2, 0) is 4.74 Å². The van der Waals surface area contributed by atoms with Crippen molar-refractivity contribution in [1.29, 1.82) is 0 Å². The number of aliphatic imine (C=N–C) groups is 1. The van der Waals surface area contributed by atoms with E-state index >= 15 is 0 Å². The summed E-state index contributed by atoms with van der Waals surface area (Å²) in [5, 5.41) is 0. The van der Waals surface area contributed by atoms with Crippen molar-refractivity contribution in [1.82, 2.24) is 0 Å². The number of allylic oxidation sites excluding steroid dienone is 2. The molecule has 0 aromatic heterocycles. The molecule has 1 unspecified atom stereocenters. The molecule has 0 aromatic carbocycles. The highest BCUT2D eigenvalue weighted by atomic mass is 16.5. The summed E-state index contributed by atoms with van der Waals surface area (Å²) in [4.78, 5) is 4.24. The number of rotatable bonds is 0. The third kappa shape index (κ3) is 1.20. The van der Waals surface area contributed by atoms with Crippen LogP contribution in [0.15, 0.2) is 28.6 Å². The quantitative estimate of drug-likeness (QED) is 0.515. The van der Waals surface area contributed by atoms with Gasteiger partial charge in [0.2, 0.25) is 5.88 Å². The van der Waals surface area contributed by atoms with E-state index in [1.165, 1.54) is 5.57 Å². The molecular weight excluding hydrogens is 138 g/mol. The maximum Gasteiger partial charge on any atom is 0.216 e. The minimum Gasteiger partial charge on any atom is -0.477 e. The summed E-state index contributed by atoms with van der Waals surface area (Å²) in [5.41, 5.74) is 1.24. The Kier molecular flexibility index (Phi) is 1.53. The molecule has 2 aliphatic rings. The molecule has 58 valence electrons. The van der Waals surface area contributed by atoms with Crippen LogP contribution < -0.4 is 0 Å². The van der Waals surface area contributed by atoms with Gasteiger partial charge in [0.1, 0.15) is 0 Å². The molecule has 2 rings (SSSR count). The minimum absolute atomic E-state index is 0.434. The van der Waals surface area contributed by atoms with Crippen LogP contribution >= 0.6 is 0 Å². The third-order valence-electron chi connectivity index (χ3n) is 1.91. The van der Waals surface area contributed by atoms with Crippen LogP contribution in [0.4, 0.5) is 0 Å². The van der Waals surface area contributed by atoms with Gasteiger partial charge in [0.15, 0.2) is 0 Å². The van der Waals surface area contributed by atoms with E-state index in [1.807, 2.05) is 6.21 Å². The van der Waals surface area contributed by atoms with Crippen molar-refractivity contribution in [2.75, 3.05) is 6.61 Å². The summed E-state index contributed by atoms with van der Waals surface area (Å²) in [7, 11) is 0. The molecule has 2 nitrogen and oxygen atoms in total. The predicted molar refractivity (Wildman–Crippen MR) is 44.4 cm³/mol. The Morgan fingerprint density at radius 3 is 3.45 bits per heavy atom. The lowest BCUT2D eigenvalue weighted by Crippen LogP contribution is -1.90. The summed E-state index contributed by atoms with van der Waals surface area (Å²) in [6, 6.07) is 0. The van der Waals surface area contributed by atoms with Crippen molar-refractivity contribution in [3.63, 3.8) is 0 Å². The zero-order chi connectivity index (χ0) is 7.68. The highest BCUT2D eigenvalue weighted by molar-refractivity contribution is 5.65. The molecule has 0 bridgehead atoms. The maximum absolute atomic E-state index is 5.32. The van der Waals surface area contributed by atoms with E-state index in [-0.39, 0.29) is 0 Å². The lowest BCUT2D eigenvalue weighted by atomic mass is 10.1. The zero-order valence-electron chi connectivity index (χ0n) is 6.58. The van der Waals surface area contributed by atoms with Gasteiger partial charge in [-0.3, -0.25) is 0 Å². The van der Waals surface area contributed by atoms with Crippen molar-refractivity contribution in [3.05, 3.63) is 23.6 Å². The molecule has 2 heteroatoms. The molecule has 2 heterocycles. The third-order valence-corrected chi connectivity index (χ3v) is 1.91. The zero-order valence-corrected chi connectivity index (χ0v) is 6.58. The van der Waals surface area contributed by atoms with Gasteiger partial charge in [0.25, 0.3) is 0 Å². The Labute approximate surface area is 66.3 Å². The average molecular weight is 149 g/mol. The van der Waals surface area contributed by atoms with Gasteiger partial charge in [0.05, 0.1) is 6.61 Å². The monoisotopic (exact) mass is 149 g/mol. The molecule has 0 radical (unpaired) electrons. The summed E-state index contributed by atoms with van der Waals surface area (Å²) in [6.07, 6.45) is 7.21. The molecular formula is C9H11NO. The normalized spacial score (nSPS) is 28.3. The van der Waals surface area contributed by atoms with E-state index in [2.05, 4.69) is 24.1 Å². The van der Waals surface area contributed by atoms with Crippen LogP contribution in [-0.4, -0.2) is 12.8 Å². The van der Waals surface area contributed by atoms with Crippen LogP contribution in [0.5, 0.6) is 0 Å². The van der Waals surface area contributed by atoms with Gasteiger partial charge >= 0.3 is 0 Å². The fourth-order valence-corrected chi connectivity index (χ4v) is 1.23. The molecule has 0 spiro atoms. The van der Waals surface area contributed by atoms with E-state index in [9.17, 15) is 0 Å². The first-order valence-corrected chi connectivity index (χ1v) is 3.94. The molecule has 2 aliphatic heterocycles. The molecule has 0 amide bonds. The highest BCUT2D eigenvalue weighted by Crippen LogP contribution is 2.23. The molecule has 0 saturated heterocycles. The van der Waals surface area contributed by atoms with Crippen molar-refractivity contribution in [2.45, 2.75) is 13.3 Å². The number of hydrogen-bond acceptors (Lipinski definition) is 2. The Bertz CT molecular complexity index is 226. The topological polar surface area (TPSA) is 21.6 Å². The van der Waals surface area contributed by atoms with E-state index in [1.54, 1.807) is 0 Å². The highest BCUT2D eigenvalue weighted by Gasteiger charge is 2.14. The van der Waals surface area contributed by atoms with Gasteiger partial charge in [-0.05, 0) is 0 Å². The number of nitrogens with zero attached hydrogens (tertiary/aromatic N) is 1. The minimum atomic E-state index is 0.434. The Morgan fingerprint density at radius 2 is 2.55 bits per heavy atom. The van der Waals surface area contributed by atoms with Crippen LogP contribution in [0, 0.1) is 5.92 Å². The summed E-state index contributed by atoms with van der Waals surface area (Å²) in [6.45, 7) is 2.91. The van der Waals surface area contributed by atoms with Crippen molar-refractivity contribution in [2.24, 2.45) is 10.9 Å².